The summed E-state index contributed by atoms with van der Waals surface area (Å²) in [4.78, 5) is 0. The van der Waals surface area contributed by atoms with E-state index >= 15 is 0 Å². The summed E-state index contributed by atoms with van der Waals surface area (Å²) in [6.07, 6.45) is 13.0. The molecular weight excluding hydrogens is 170 g/mol. The van der Waals surface area contributed by atoms with Crippen LogP contribution in [0, 0.1) is 5.92 Å². The van der Waals surface area contributed by atoms with E-state index in [0.29, 0.717) is 0 Å². The maximum atomic E-state index is 3.86. The lowest BCUT2D eigenvalue weighted by Gasteiger charge is -2.30. The quantitative estimate of drug-likeness (QED) is 0.727. The molecule has 0 heterocycles. The maximum Gasteiger partial charge on any atom is 0.00698 e. The van der Waals surface area contributed by atoms with Gasteiger partial charge >= 0.3 is 0 Å². The fraction of sp³-hybridized carbons (Fsp3) is 1.00. The summed E-state index contributed by atoms with van der Waals surface area (Å²) in [5, 5.41) is 3.86. The van der Waals surface area contributed by atoms with E-state index in [0.717, 1.165) is 18.0 Å². The highest BCUT2D eigenvalue weighted by Crippen LogP contribution is 2.28. The van der Waals surface area contributed by atoms with Crippen molar-refractivity contribution in [3.8, 4) is 0 Å². The molecule has 2 saturated carbocycles. The zero-order valence-electron chi connectivity index (χ0n) is 9.60. The SMILES string of the molecule is CCC1CCC(NC2CCCC2)CC1. The van der Waals surface area contributed by atoms with Crippen LogP contribution in [0.4, 0.5) is 0 Å². The Kier molecular flexibility index (Phi) is 3.86. The van der Waals surface area contributed by atoms with Crippen molar-refractivity contribution in [3.05, 3.63) is 0 Å². The molecule has 0 aromatic heterocycles. The summed E-state index contributed by atoms with van der Waals surface area (Å²) in [6, 6.07) is 1.74. The molecule has 0 aliphatic heterocycles. The van der Waals surface area contributed by atoms with Crippen LogP contribution >= 0.6 is 0 Å². The molecule has 1 nitrogen and oxygen atoms in total. The summed E-state index contributed by atoms with van der Waals surface area (Å²) >= 11 is 0. The topological polar surface area (TPSA) is 12.0 Å². The Labute approximate surface area is 88.7 Å². The minimum atomic E-state index is 0.862. The third-order valence-corrected chi connectivity index (χ3v) is 4.25. The number of hydrogen-bond acceptors (Lipinski definition) is 1. The summed E-state index contributed by atoms with van der Waals surface area (Å²) in [5.74, 6) is 1.04. The molecule has 14 heavy (non-hydrogen) atoms. The van der Waals surface area contributed by atoms with Crippen molar-refractivity contribution in [2.75, 3.05) is 0 Å². The van der Waals surface area contributed by atoms with Crippen LogP contribution in [0.2, 0.25) is 0 Å². The second kappa shape index (κ2) is 5.16. The Balaban J connectivity index is 1.67. The number of hydrogen-bond donors (Lipinski definition) is 1. The molecule has 0 unspecified atom stereocenters. The van der Waals surface area contributed by atoms with Gasteiger partial charge in [0.05, 0.1) is 0 Å². The zero-order valence-corrected chi connectivity index (χ0v) is 9.60. The highest BCUT2D eigenvalue weighted by molar-refractivity contribution is 4.82. The number of rotatable bonds is 3. The first kappa shape index (κ1) is 10.5. The molecule has 82 valence electrons. The van der Waals surface area contributed by atoms with Crippen molar-refractivity contribution in [2.24, 2.45) is 5.92 Å². The van der Waals surface area contributed by atoms with Crippen molar-refractivity contribution < 1.29 is 0 Å². The van der Waals surface area contributed by atoms with E-state index in [1.54, 1.807) is 0 Å². The normalized spacial score (nSPS) is 34.9. The lowest BCUT2D eigenvalue weighted by Crippen LogP contribution is -2.39. The zero-order chi connectivity index (χ0) is 9.80. The highest BCUT2D eigenvalue weighted by Gasteiger charge is 2.23. The molecular formula is C13H25N. The summed E-state index contributed by atoms with van der Waals surface area (Å²) < 4.78 is 0. The first-order valence-corrected chi connectivity index (χ1v) is 6.64. The van der Waals surface area contributed by atoms with Gasteiger partial charge in [-0.05, 0) is 44.4 Å². The predicted octanol–water partition coefficient (Wildman–Crippen LogP) is 3.49. The third-order valence-electron chi connectivity index (χ3n) is 4.25. The Morgan fingerprint density at radius 2 is 1.43 bits per heavy atom. The van der Waals surface area contributed by atoms with Gasteiger partial charge in [-0.15, -0.1) is 0 Å². The third kappa shape index (κ3) is 2.73. The molecule has 2 aliphatic carbocycles. The molecule has 0 bridgehead atoms. The van der Waals surface area contributed by atoms with Crippen LogP contribution in [0.5, 0.6) is 0 Å². The van der Waals surface area contributed by atoms with E-state index in [4.69, 9.17) is 0 Å². The molecule has 2 aliphatic rings. The van der Waals surface area contributed by atoms with Crippen LogP contribution in [-0.2, 0) is 0 Å². The Hall–Kier alpha value is -0.0400. The van der Waals surface area contributed by atoms with Gasteiger partial charge in [0, 0.05) is 12.1 Å². The molecule has 0 saturated heterocycles. The van der Waals surface area contributed by atoms with Gasteiger partial charge in [-0.1, -0.05) is 26.2 Å². The standard InChI is InChI=1S/C13H25N/c1-2-11-7-9-13(10-8-11)14-12-5-3-4-6-12/h11-14H,2-10H2,1H3. The van der Waals surface area contributed by atoms with Crippen LogP contribution in [-0.4, -0.2) is 12.1 Å². The smallest absolute Gasteiger partial charge is 0.00698 e. The van der Waals surface area contributed by atoms with Crippen molar-refractivity contribution in [3.63, 3.8) is 0 Å². The first-order chi connectivity index (χ1) is 6.88. The lowest BCUT2D eigenvalue weighted by molar-refractivity contribution is 0.269. The van der Waals surface area contributed by atoms with Crippen LogP contribution in [0.25, 0.3) is 0 Å². The summed E-state index contributed by atoms with van der Waals surface area (Å²) in [5.41, 5.74) is 0. The van der Waals surface area contributed by atoms with Gasteiger partial charge in [0.25, 0.3) is 0 Å². The van der Waals surface area contributed by atoms with Crippen molar-refractivity contribution in [2.45, 2.75) is 76.8 Å². The average Bonchev–Trinajstić information content (AvgIpc) is 2.72. The molecule has 2 rings (SSSR count). The Morgan fingerprint density at radius 3 is 2.00 bits per heavy atom. The highest BCUT2D eigenvalue weighted by atomic mass is 15.0. The Bertz CT molecular complexity index is 153. The van der Waals surface area contributed by atoms with Gasteiger partial charge in [-0.25, -0.2) is 0 Å². The van der Waals surface area contributed by atoms with E-state index < -0.39 is 0 Å². The fourth-order valence-corrected chi connectivity index (χ4v) is 3.16. The molecule has 0 spiro atoms. The van der Waals surface area contributed by atoms with Crippen molar-refractivity contribution >= 4 is 0 Å². The minimum absolute atomic E-state index is 0.862. The second-order valence-electron chi connectivity index (χ2n) is 5.27. The van der Waals surface area contributed by atoms with Crippen LogP contribution in [0.1, 0.15) is 64.7 Å². The van der Waals surface area contributed by atoms with Gasteiger partial charge < -0.3 is 5.32 Å². The van der Waals surface area contributed by atoms with E-state index in [1.165, 1.54) is 57.8 Å². The van der Waals surface area contributed by atoms with E-state index in [9.17, 15) is 0 Å². The van der Waals surface area contributed by atoms with Gasteiger partial charge in [-0.2, -0.15) is 0 Å². The molecule has 0 aromatic rings. The Morgan fingerprint density at radius 1 is 0.857 bits per heavy atom. The molecule has 0 radical (unpaired) electrons. The molecule has 0 aromatic carbocycles. The van der Waals surface area contributed by atoms with E-state index in [-0.39, 0.29) is 0 Å². The van der Waals surface area contributed by atoms with Crippen molar-refractivity contribution in [1.29, 1.82) is 0 Å². The largest absolute Gasteiger partial charge is 0.311 e. The van der Waals surface area contributed by atoms with Crippen LogP contribution in [0.3, 0.4) is 0 Å². The molecule has 2 fully saturated rings. The van der Waals surface area contributed by atoms with Crippen LogP contribution in [0.15, 0.2) is 0 Å². The minimum Gasteiger partial charge on any atom is -0.311 e. The van der Waals surface area contributed by atoms with Crippen molar-refractivity contribution in [1.82, 2.24) is 5.32 Å². The van der Waals surface area contributed by atoms with Crippen LogP contribution < -0.4 is 5.32 Å². The van der Waals surface area contributed by atoms with E-state index in [1.807, 2.05) is 0 Å². The van der Waals surface area contributed by atoms with Gasteiger partial charge in [0.2, 0.25) is 0 Å². The summed E-state index contributed by atoms with van der Waals surface area (Å²) in [6.45, 7) is 2.34. The van der Waals surface area contributed by atoms with Gasteiger partial charge in [-0.3, -0.25) is 0 Å². The summed E-state index contributed by atoms with van der Waals surface area (Å²) in [7, 11) is 0. The fourth-order valence-electron chi connectivity index (χ4n) is 3.16. The molecule has 0 amide bonds. The van der Waals surface area contributed by atoms with E-state index in [2.05, 4.69) is 12.2 Å². The maximum absolute atomic E-state index is 3.86. The molecule has 1 N–H and O–H groups in total. The number of nitrogens with one attached hydrogen (secondary N) is 1. The van der Waals surface area contributed by atoms with Gasteiger partial charge in [0.15, 0.2) is 0 Å². The predicted molar refractivity (Wildman–Crippen MR) is 61.4 cm³/mol. The lowest BCUT2D eigenvalue weighted by atomic mass is 9.84. The first-order valence-electron chi connectivity index (χ1n) is 6.64. The molecule has 1 heteroatoms. The van der Waals surface area contributed by atoms with Gasteiger partial charge in [0.1, 0.15) is 0 Å². The monoisotopic (exact) mass is 195 g/mol. The molecule has 0 atom stereocenters. The second-order valence-corrected chi connectivity index (χ2v) is 5.27. The average molecular weight is 195 g/mol.